The lowest BCUT2D eigenvalue weighted by Gasteiger charge is -1.77. The monoisotopic (exact) mass is 96.0 g/mol. The van der Waals surface area contributed by atoms with Gasteiger partial charge in [0.1, 0.15) is 6.26 Å². The van der Waals surface area contributed by atoms with E-state index in [0.717, 1.165) is 6.42 Å². The standard InChI is InChI=1S/C5H6NO/c1-2-4-6-7-5-3-1/h2-5H,1H2. The van der Waals surface area contributed by atoms with Gasteiger partial charge >= 0.3 is 0 Å². The van der Waals surface area contributed by atoms with E-state index in [4.69, 9.17) is 0 Å². The maximum atomic E-state index is 4.55. The summed E-state index contributed by atoms with van der Waals surface area (Å²) in [6, 6.07) is 0. The first-order chi connectivity index (χ1) is 3.50. The molecular weight excluding hydrogens is 90.1 g/mol. The van der Waals surface area contributed by atoms with Crippen molar-refractivity contribution in [3.05, 3.63) is 18.8 Å². The number of rotatable bonds is 0. The van der Waals surface area contributed by atoms with Crippen LogP contribution >= 0.6 is 0 Å². The SMILES string of the molecule is [CH]1C=NOC=CC1. The molecule has 1 rings (SSSR count). The molecule has 0 aliphatic carbocycles. The summed E-state index contributed by atoms with van der Waals surface area (Å²) in [4.78, 5) is 4.55. The van der Waals surface area contributed by atoms with Crippen molar-refractivity contribution in [2.45, 2.75) is 6.42 Å². The van der Waals surface area contributed by atoms with Crippen LogP contribution in [0.15, 0.2) is 17.5 Å². The zero-order valence-corrected chi connectivity index (χ0v) is 3.87. The van der Waals surface area contributed by atoms with Crippen LogP contribution in [0.3, 0.4) is 0 Å². The first-order valence-electron chi connectivity index (χ1n) is 2.16. The maximum Gasteiger partial charge on any atom is 0.118 e. The highest BCUT2D eigenvalue weighted by Crippen LogP contribution is 1.92. The summed E-state index contributed by atoms with van der Waals surface area (Å²) < 4.78 is 0. The van der Waals surface area contributed by atoms with Gasteiger partial charge in [-0.1, -0.05) is 5.16 Å². The van der Waals surface area contributed by atoms with Crippen molar-refractivity contribution in [2.24, 2.45) is 5.16 Å². The number of allylic oxidation sites excluding steroid dienone is 1. The van der Waals surface area contributed by atoms with E-state index in [1.807, 2.05) is 12.5 Å². The lowest BCUT2D eigenvalue weighted by atomic mass is 10.3. The summed E-state index contributed by atoms with van der Waals surface area (Å²) in [6.07, 6.45) is 7.94. The molecule has 0 saturated carbocycles. The highest BCUT2D eigenvalue weighted by Gasteiger charge is 1.81. The molecule has 0 saturated heterocycles. The average Bonchev–Trinajstić information content (AvgIpc) is 1.90. The second-order valence-corrected chi connectivity index (χ2v) is 1.20. The maximum absolute atomic E-state index is 4.55. The molecule has 0 aromatic rings. The van der Waals surface area contributed by atoms with E-state index < -0.39 is 0 Å². The van der Waals surface area contributed by atoms with E-state index >= 15 is 0 Å². The molecule has 2 heteroatoms. The molecule has 0 aromatic heterocycles. The van der Waals surface area contributed by atoms with Gasteiger partial charge in [-0.25, -0.2) is 0 Å². The predicted octanol–water partition coefficient (Wildman–Crippen LogP) is 1.11. The number of nitrogens with zero attached hydrogens (tertiary/aromatic N) is 1. The molecule has 1 radical (unpaired) electrons. The third-order valence-electron chi connectivity index (χ3n) is 0.656. The van der Waals surface area contributed by atoms with Crippen LogP contribution < -0.4 is 0 Å². The van der Waals surface area contributed by atoms with E-state index in [-0.39, 0.29) is 0 Å². The lowest BCUT2D eigenvalue weighted by Crippen LogP contribution is -1.69. The molecule has 0 bridgehead atoms. The molecule has 0 unspecified atom stereocenters. The molecule has 0 N–H and O–H groups in total. The van der Waals surface area contributed by atoms with Crippen LogP contribution in [0.25, 0.3) is 0 Å². The fraction of sp³-hybridized carbons (Fsp3) is 0.200. The molecule has 0 fully saturated rings. The first-order valence-corrected chi connectivity index (χ1v) is 2.16. The molecule has 1 heterocycles. The normalized spacial score (nSPS) is 18.3. The van der Waals surface area contributed by atoms with Gasteiger partial charge in [-0.15, -0.1) is 0 Å². The fourth-order valence-corrected chi connectivity index (χ4v) is 0.351. The minimum atomic E-state index is 0.920. The van der Waals surface area contributed by atoms with Gasteiger partial charge in [-0.2, -0.15) is 0 Å². The third-order valence-corrected chi connectivity index (χ3v) is 0.656. The Morgan fingerprint density at radius 3 is 3.57 bits per heavy atom. The average molecular weight is 96.1 g/mol. The van der Waals surface area contributed by atoms with Gasteiger partial charge in [-0.3, -0.25) is 0 Å². The second kappa shape index (κ2) is 2.39. The van der Waals surface area contributed by atoms with Gasteiger partial charge in [0.05, 0.1) is 0 Å². The summed E-state index contributed by atoms with van der Waals surface area (Å²) >= 11 is 0. The molecule has 0 atom stereocenters. The third kappa shape index (κ3) is 1.39. The van der Waals surface area contributed by atoms with Crippen LogP contribution in [-0.4, -0.2) is 6.21 Å². The highest BCUT2D eigenvalue weighted by atomic mass is 16.6. The zero-order chi connectivity index (χ0) is 4.95. The van der Waals surface area contributed by atoms with Gasteiger partial charge < -0.3 is 4.84 Å². The van der Waals surface area contributed by atoms with Gasteiger partial charge in [0.15, 0.2) is 0 Å². The van der Waals surface area contributed by atoms with Crippen LogP contribution in [0, 0.1) is 6.42 Å². The van der Waals surface area contributed by atoms with Gasteiger partial charge in [0.2, 0.25) is 0 Å². The Morgan fingerprint density at radius 1 is 1.57 bits per heavy atom. The molecular formula is C5H6NO. The topological polar surface area (TPSA) is 21.6 Å². The minimum Gasteiger partial charge on any atom is -0.366 e. The Morgan fingerprint density at radius 2 is 2.57 bits per heavy atom. The Kier molecular flexibility index (Phi) is 1.50. The molecule has 37 valence electrons. The van der Waals surface area contributed by atoms with Crippen LogP contribution in [-0.2, 0) is 4.84 Å². The lowest BCUT2D eigenvalue weighted by molar-refractivity contribution is 0.271. The molecule has 1 aliphatic rings. The molecule has 0 spiro atoms. The predicted molar refractivity (Wildman–Crippen MR) is 27.6 cm³/mol. The van der Waals surface area contributed by atoms with E-state index in [9.17, 15) is 0 Å². The van der Waals surface area contributed by atoms with Crippen molar-refractivity contribution in [3.8, 4) is 0 Å². The van der Waals surface area contributed by atoms with Crippen molar-refractivity contribution >= 4 is 6.21 Å². The Hall–Kier alpha value is -0.790. The van der Waals surface area contributed by atoms with Gasteiger partial charge in [0, 0.05) is 12.6 Å². The summed E-state index contributed by atoms with van der Waals surface area (Å²) in [5, 5.41) is 3.50. The summed E-state index contributed by atoms with van der Waals surface area (Å²) in [5.41, 5.74) is 0. The van der Waals surface area contributed by atoms with Crippen LogP contribution in [0.5, 0.6) is 0 Å². The van der Waals surface area contributed by atoms with E-state index in [2.05, 4.69) is 9.99 Å². The van der Waals surface area contributed by atoms with Crippen LogP contribution in [0.2, 0.25) is 0 Å². The Labute approximate surface area is 42.5 Å². The van der Waals surface area contributed by atoms with Crippen molar-refractivity contribution in [1.29, 1.82) is 0 Å². The highest BCUT2D eigenvalue weighted by molar-refractivity contribution is 5.67. The van der Waals surface area contributed by atoms with Crippen LogP contribution in [0.1, 0.15) is 6.42 Å². The molecule has 0 amide bonds. The van der Waals surface area contributed by atoms with Crippen molar-refractivity contribution in [3.63, 3.8) is 0 Å². The van der Waals surface area contributed by atoms with Crippen molar-refractivity contribution < 1.29 is 4.84 Å². The number of hydrogen-bond acceptors (Lipinski definition) is 2. The van der Waals surface area contributed by atoms with Gasteiger partial charge in [0.25, 0.3) is 0 Å². The quantitative estimate of drug-likeness (QED) is 0.442. The van der Waals surface area contributed by atoms with Gasteiger partial charge in [-0.05, 0) is 12.5 Å². The number of hydrogen-bond donors (Lipinski definition) is 0. The second-order valence-electron chi connectivity index (χ2n) is 1.20. The van der Waals surface area contributed by atoms with E-state index in [0.29, 0.717) is 0 Å². The summed E-state index contributed by atoms with van der Waals surface area (Å²) in [7, 11) is 0. The Balaban J connectivity index is 2.38. The molecule has 7 heavy (non-hydrogen) atoms. The first kappa shape index (κ1) is 4.37. The molecule has 2 nitrogen and oxygen atoms in total. The molecule has 0 aromatic carbocycles. The summed E-state index contributed by atoms with van der Waals surface area (Å²) in [5.74, 6) is 0. The minimum absolute atomic E-state index is 0.920. The van der Waals surface area contributed by atoms with Crippen molar-refractivity contribution in [1.82, 2.24) is 0 Å². The summed E-state index contributed by atoms with van der Waals surface area (Å²) in [6.45, 7) is 0. The van der Waals surface area contributed by atoms with Crippen molar-refractivity contribution in [2.75, 3.05) is 0 Å². The van der Waals surface area contributed by atoms with E-state index in [1.54, 1.807) is 12.5 Å². The smallest absolute Gasteiger partial charge is 0.118 e. The van der Waals surface area contributed by atoms with Crippen LogP contribution in [0.4, 0.5) is 0 Å². The zero-order valence-electron chi connectivity index (χ0n) is 3.87. The number of oxime groups is 1. The largest absolute Gasteiger partial charge is 0.366 e. The van der Waals surface area contributed by atoms with E-state index in [1.165, 1.54) is 0 Å². The Bertz CT molecular complexity index is 84.3. The molecule has 1 aliphatic heterocycles. The fourth-order valence-electron chi connectivity index (χ4n) is 0.351.